The Labute approximate surface area is 77.5 Å². The molecule has 0 saturated heterocycles. The van der Waals surface area contributed by atoms with E-state index in [1.165, 1.54) is 12.0 Å². The van der Waals surface area contributed by atoms with Crippen molar-refractivity contribution >= 4 is 5.82 Å². The molecule has 1 heterocycles. The number of hydrogen-bond donors (Lipinski definition) is 2. The van der Waals surface area contributed by atoms with Crippen LogP contribution in [0.25, 0.3) is 0 Å². The van der Waals surface area contributed by atoms with Gasteiger partial charge in [0.15, 0.2) is 5.82 Å². The summed E-state index contributed by atoms with van der Waals surface area (Å²) in [5, 5.41) is 8.08. The van der Waals surface area contributed by atoms with Gasteiger partial charge in [-0.05, 0) is 36.8 Å². The molecule has 13 heavy (non-hydrogen) atoms. The van der Waals surface area contributed by atoms with E-state index in [-0.39, 0.29) is 0 Å². The predicted octanol–water partition coefficient (Wildman–Crippen LogP) is 0.887. The highest BCUT2D eigenvalue weighted by Crippen LogP contribution is 2.24. The van der Waals surface area contributed by atoms with Crippen molar-refractivity contribution in [2.24, 2.45) is 11.8 Å². The molecule has 4 nitrogen and oxygen atoms in total. The topological polar surface area (TPSA) is 63.8 Å². The second kappa shape index (κ2) is 3.30. The fourth-order valence-corrected chi connectivity index (χ4v) is 1.77. The number of aromatic nitrogens is 2. The Morgan fingerprint density at radius 3 is 3.15 bits per heavy atom. The molecule has 3 N–H and O–H groups in total. The zero-order chi connectivity index (χ0) is 9.26. The lowest BCUT2D eigenvalue weighted by atomic mass is 9.88. The van der Waals surface area contributed by atoms with Crippen LogP contribution >= 0.6 is 0 Å². The smallest absolute Gasteiger partial charge is 0.162 e. The molecule has 1 aromatic rings. The maximum atomic E-state index is 5.27. The summed E-state index contributed by atoms with van der Waals surface area (Å²) in [5.74, 6) is 6.68. The third-order valence-electron chi connectivity index (χ3n) is 2.55. The van der Waals surface area contributed by atoms with Crippen LogP contribution in [0.4, 0.5) is 5.82 Å². The van der Waals surface area contributed by atoms with Crippen molar-refractivity contribution in [3.05, 3.63) is 17.3 Å². The third-order valence-corrected chi connectivity index (χ3v) is 2.55. The molecule has 0 aliphatic heterocycles. The van der Waals surface area contributed by atoms with Crippen LogP contribution in [-0.4, -0.2) is 10.2 Å². The van der Waals surface area contributed by atoms with Gasteiger partial charge in [0.05, 0.1) is 5.69 Å². The largest absolute Gasteiger partial charge is 0.307 e. The average Bonchev–Trinajstić information content (AvgIpc) is 2.16. The minimum Gasteiger partial charge on any atom is -0.307 e. The number of nitrogens with zero attached hydrogens (tertiary/aromatic N) is 2. The SMILES string of the molecule is C[C@H]1CCc2nnc(NN)cc2C1. The summed E-state index contributed by atoms with van der Waals surface area (Å²) in [7, 11) is 0. The second-order valence-corrected chi connectivity index (χ2v) is 3.69. The van der Waals surface area contributed by atoms with Gasteiger partial charge in [-0.1, -0.05) is 6.92 Å². The number of hydrazine groups is 1. The van der Waals surface area contributed by atoms with Crippen molar-refractivity contribution in [1.29, 1.82) is 0 Å². The molecule has 1 aromatic heterocycles. The van der Waals surface area contributed by atoms with Gasteiger partial charge >= 0.3 is 0 Å². The molecular formula is C9H14N4. The molecule has 0 bridgehead atoms. The highest BCUT2D eigenvalue weighted by atomic mass is 15.3. The molecular weight excluding hydrogens is 164 g/mol. The normalized spacial score (nSPS) is 20.9. The third kappa shape index (κ3) is 1.62. The van der Waals surface area contributed by atoms with Crippen LogP contribution < -0.4 is 11.3 Å². The maximum absolute atomic E-state index is 5.27. The van der Waals surface area contributed by atoms with Crippen LogP contribution in [0.3, 0.4) is 0 Å². The van der Waals surface area contributed by atoms with Gasteiger partial charge in [-0.2, -0.15) is 5.10 Å². The van der Waals surface area contributed by atoms with Gasteiger partial charge in [-0.3, -0.25) is 0 Å². The Hall–Kier alpha value is -1.16. The molecule has 70 valence electrons. The standard InChI is InChI=1S/C9H14N4/c1-6-2-3-8-7(4-6)5-9(11-10)13-12-8/h5-6H,2-4,10H2,1H3,(H,11,13)/t6-/m0/s1. The van der Waals surface area contributed by atoms with Gasteiger partial charge in [0, 0.05) is 0 Å². The highest BCUT2D eigenvalue weighted by molar-refractivity contribution is 5.37. The number of fused-ring (bicyclic) bond motifs is 1. The van der Waals surface area contributed by atoms with Gasteiger partial charge in [0.1, 0.15) is 0 Å². The fraction of sp³-hybridized carbons (Fsp3) is 0.556. The summed E-state index contributed by atoms with van der Waals surface area (Å²) in [6, 6.07) is 2.00. The summed E-state index contributed by atoms with van der Waals surface area (Å²) in [6.45, 7) is 2.26. The summed E-state index contributed by atoms with van der Waals surface area (Å²) >= 11 is 0. The first kappa shape index (κ1) is 8.44. The van der Waals surface area contributed by atoms with Gasteiger partial charge in [0.25, 0.3) is 0 Å². The molecule has 0 amide bonds. The lowest BCUT2D eigenvalue weighted by Crippen LogP contribution is -2.16. The first-order chi connectivity index (χ1) is 6.29. The Morgan fingerprint density at radius 2 is 2.38 bits per heavy atom. The Kier molecular flexibility index (Phi) is 2.14. The van der Waals surface area contributed by atoms with E-state index in [9.17, 15) is 0 Å². The van der Waals surface area contributed by atoms with Gasteiger partial charge in [-0.15, -0.1) is 5.10 Å². The summed E-state index contributed by atoms with van der Waals surface area (Å²) in [4.78, 5) is 0. The first-order valence-electron chi connectivity index (χ1n) is 4.61. The average molecular weight is 178 g/mol. The van der Waals surface area contributed by atoms with Crippen molar-refractivity contribution in [3.63, 3.8) is 0 Å². The van der Waals surface area contributed by atoms with E-state index in [0.717, 1.165) is 24.5 Å². The molecule has 0 fully saturated rings. The zero-order valence-electron chi connectivity index (χ0n) is 7.75. The van der Waals surface area contributed by atoms with Crippen molar-refractivity contribution in [3.8, 4) is 0 Å². The molecule has 1 aliphatic rings. The molecule has 1 atom stereocenters. The van der Waals surface area contributed by atoms with Crippen LogP contribution in [-0.2, 0) is 12.8 Å². The van der Waals surface area contributed by atoms with Crippen LogP contribution in [0.1, 0.15) is 24.6 Å². The summed E-state index contributed by atoms with van der Waals surface area (Å²) in [6.07, 6.45) is 3.37. The van der Waals surface area contributed by atoms with Gasteiger partial charge in [-0.25, -0.2) is 5.84 Å². The number of nitrogens with one attached hydrogen (secondary N) is 1. The van der Waals surface area contributed by atoms with E-state index in [4.69, 9.17) is 5.84 Å². The molecule has 2 rings (SSSR count). The van der Waals surface area contributed by atoms with Gasteiger partial charge in [0.2, 0.25) is 0 Å². The number of rotatable bonds is 1. The van der Waals surface area contributed by atoms with Crippen LogP contribution in [0, 0.1) is 5.92 Å². The van der Waals surface area contributed by atoms with E-state index >= 15 is 0 Å². The molecule has 0 unspecified atom stereocenters. The molecule has 0 aromatic carbocycles. The molecule has 4 heteroatoms. The number of nitrogens with two attached hydrogens (primary N) is 1. The monoisotopic (exact) mass is 178 g/mol. The first-order valence-corrected chi connectivity index (χ1v) is 4.61. The lowest BCUT2D eigenvalue weighted by molar-refractivity contribution is 0.490. The van der Waals surface area contributed by atoms with Crippen molar-refractivity contribution in [1.82, 2.24) is 10.2 Å². The van der Waals surface area contributed by atoms with E-state index in [1.807, 2.05) is 6.07 Å². The number of nitrogen functional groups attached to an aromatic ring is 1. The maximum Gasteiger partial charge on any atom is 0.162 e. The van der Waals surface area contributed by atoms with Crippen LogP contribution in [0.5, 0.6) is 0 Å². The summed E-state index contributed by atoms with van der Waals surface area (Å²) in [5.41, 5.74) is 4.95. The number of anilines is 1. The Balaban J connectivity index is 2.32. The number of hydrogen-bond acceptors (Lipinski definition) is 4. The predicted molar refractivity (Wildman–Crippen MR) is 51.0 cm³/mol. The van der Waals surface area contributed by atoms with E-state index in [2.05, 4.69) is 22.5 Å². The number of aryl methyl sites for hydroxylation is 1. The minimum absolute atomic E-state index is 0.660. The van der Waals surface area contributed by atoms with Crippen molar-refractivity contribution < 1.29 is 0 Å². The molecule has 0 spiro atoms. The lowest BCUT2D eigenvalue weighted by Gasteiger charge is -2.19. The fourth-order valence-electron chi connectivity index (χ4n) is 1.77. The Morgan fingerprint density at radius 1 is 1.54 bits per heavy atom. The molecule has 0 saturated carbocycles. The zero-order valence-corrected chi connectivity index (χ0v) is 7.75. The highest BCUT2D eigenvalue weighted by Gasteiger charge is 2.16. The minimum atomic E-state index is 0.660. The van der Waals surface area contributed by atoms with E-state index in [1.54, 1.807) is 0 Å². The van der Waals surface area contributed by atoms with Crippen LogP contribution in [0.15, 0.2) is 6.07 Å². The van der Waals surface area contributed by atoms with Crippen molar-refractivity contribution in [2.75, 3.05) is 5.43 Å². The molecule has 1 aliphatic carbocycles. The Bertz CT molecular complexity index is 310. The second-order valence-electron chi connectivity index (χ2n) is 3.69. The van der Waals surface area contributed by atoms with E-state index < -0.39 is 0 Å². The quantitative estimate of drug-likeness (QED) is 0.495. The van der Waals surface area contributed by atoms with Crippen LogP contribution in [0.2, 0.25) is 0 Å². The van der Waals surface area contributed by atoms with E-state index in [0.29, 0.717) is 5.82 Å². The summed E-state index contributed by atoms with van der Waals surface area (Å²) < 4.78 is 0. The van der Waals surface area contributed by atoms with Gasteiger partial charge < -0.3 is 5.43 Å². The van der Waals surface area contributed by atoms with Crippen molar-refractivity contribution in [2.45, 2.75) is 26.2 Å². The molecule has 0 radical (unpaired) electrons.